The minimum Gasteiger partial charge on any atom is -0.379 e. The molecule has 1 rings (SSSR count). The summed E-state index contributed by atoms with van der Waals surface area (Å²) in [6, 6.07) is 2.04. The first-order chi connectivity index (χ1) is 7.46. The Morgan fingerprint density at radius 2 is 2.19 bits per heavy atom. The van der Waals surface area contributed by atoms with E-state index in [0.29, 0.717) is 0 Å². The molecule has 0 bridgehead atoms. The first kappa shape index (κ1) is 13.1. The summed E-state index contributed by atoms with van der Waals surface area (Å²) in [7, 11) is 1.74. The number of aryl methyl sites for hydroxylation is 1. The van der Waals surface area contributed by atoms with Gasteiger partial charge in [-0.3, -0.25) is 4.98 Å². The number of ether oxygens (including phenoxy) is 1. The lowest BCUT2D eigenvalue weighted by atomic mass is 9.94. The van der Waals surface area contributed by atoms with Crippen LogP contribution in [0.3, 0.4) is 0 Å². The van der Waals surface area contributed by atoms with E-state index in [2.05, 4.69) is 25.8 Å². The van der Waals surface area contributed by atoms with Crippen LogP contribution < -0.4 is 5.73 Å². The fourth-order valence-electron chi connectivity index (χ4n) is 1.63. The van der Waals surface area contributed by atoms with Crippen molar-refractivity contribution in [3.05, 3.63) is 29.6 Å². The smallest absolute Gasteiger partial charge is 0.0623 e. The van der Waals surface area contributed by atoms with Crippen molar-refractivity contribution in [3.8, 4) is 0 Å². The van der Waals surface area contributed by atoms with Gasteiger partial charge < -0.3 is 10.5 Å². The SMILES string of the molecule is COC(C)(C)CCC(N)c1cnccc1C. The molecule has 0 aliphatic heterocycles. The number of methoxy groups -OCH3 is 1. The first-order valence-electron chi connectivity index (χ1n) is 5.67. The van der Waals surface area contributed by atoms with E-state index < -0.39 is 0 Å². The molecule has 1 heterocycles. The molecule has 0 saturated heterocycles. The average Bonchev–Trinajstić information content (AvgIpc) is 2.27. The van der Waals surface area contributed by atoms with Crippen molar-refractivity contribution in [2.45, 2.75) is 45.3 Å². The van der Waals surface area contributed by atoms with Crippen LogP contribution in [0.25, 0.3) is 0 Å². The number of hydrogen-bond acceptors (Lipinski definition) is 3. The molecule has 1 unspecified atom stereocenters. The molecule has 16 heavy (non-hydrogen) atoms. The zero-order valence-corrected chi connectivity index (χ0v) is 10.7. The lowest BCUT2D eigenvalue weighted by Gasteiger charge is -2.25. The molecule has 0 spiro atoms. The van der Waals surface area contributed by atoms with Crippen LogP contribution in [0.15, 0.2) is 18.5 Å². The zero-order chi connectivity index (χ0) is 12.2. The highest BCUT2D eigenvalue weighted by atomic mass is 16.5. The van der Waals surface area contributed by atoms with Crippen molar-refractivity contribution in [1.29, 1.82) is 0 Å². The van der Waals surface area contributed by atoms with Crippen LogP contribution in [0.5, 0.6) is 0 Å². The quantitative estimate of drug-likeness (QED) is 0.833. The lowest BCUT2D eigenvalue weighted by Crippen LogP contribution is -2.25. The second-order valence-electron chi connectivity index (χ2n) is 4.84. The summed E-state index contributed by atoms with van der Waals surface area (Å²) in [5, 5.41) is 0. The third-order valence-electron chi connectivity index (χ3n) is 3.09. The Kier molecular flexibility index (Phi) is 4.44. The third-order valence-corrected chi connectivity index (χ3v) is 3.09. The normalized spacial score (nSPS) is 13.8. The topological polar surface area (TPSA) is 48.1 Å². The van der Waals surface area contributed by atoms with E-state index in [-0.39, 0.29) is 11.6 Å². The summed E-state index contributed by atoms with van der Waals surface area (Å²) in [4.78, 5) is 4.12. The predicted octanol–water partition coefficient (Wildman–Crippen LogP) is 2.60. The van der Waals surface area contributed by atoms with Gasteiger partial charge in [-0.1, -0.05) is 0 Å². The van der Waals surface area contributed by atoms with E-state index in [1.165, 1.54) is 5.56 Å². The molecule has 0 saturated carbocycles. The van der Waals surface area contributed by atoms with E-state index in [1.54, 1.807) is 13.3 Å². The number of pyridine rings is 1. The molecule has 2 N–H and O–H groups in total. The Hall–Kier alpha value is -0.930. The highest BCUT2D eigenvalue weighted by molar-refractivity contribution is 5.24. The zero-order valence-electron chi connectivity index (χ0n) is 10.7. The molecule has 1 atom stereocenters. The van der Waals surface area contributed by atoms with Crippen LogP contribution in [0.4, 0.5) is 0 Å². The summed E-state index contributed by atoms with van der Waals surface area (Å²) in [5.41, 5.74) is 8.40. The Morgan fingerprint density at radius 1 is 1.50 bits per heavy atom. The molecular formula is C13H22N2O. The van der Waals surface area contributed by atoms with Crippen molar-refractivity contribution >= 4 is 0 Å². The minimum absolute atomic E-state index is 0.0446. The largest absolute Gasteiger partial charge is 0.379 e. The lowest BCUT2D eigenvalue weighted by molar-refractivity contribution is 0.0124. The van der Waals surface area contributed by atoms with Gasteiger partial charge >= 0.3 is 0 Å². The summed E-state index contributed by atoms with van der Waals surface area (Å²) in [6.07, 6.45) is 5.51. The highest BCUT2D eigenvalue weighted by Gasteiger charge is 2.19. The molecule has 3 nitrogen and oxygen atoms in total. The Labute approximate surface area is 98.0 Å². The molecule has 1 aromatic rings. The van der Waals surface area contributed by atoms with E-state index in [0.717, 1.165) is 18.4 Å². The van der Waals surface area contributed by atoms with Crippen molar-refractivity contribution < 1.29 is 4.74 Å². The molecule has 1 aromatic heterocycles. The van der Waals surface area contributed by atoms with Crippen molar-refractivity contribution in [2.24, 2.45) is 5.73 Å². The van der Waals surface area contributed by atoms with Gasteiger partial charge in [0.25, 0.3) is 0 Å². The maximum Gasteiger partial charge on any atom is 0.0623 e. The van der Waals surface area contributed by atoms with Gasteiger partial charge in [-0.05, 0) is 50.8 Å². The second kappa shape index (κ2) is 5.41. The highest BCUT2D eigenvalue weighted by Crippen LogP contribution is 2.23. The van der Waals surface area contributed by atoms with Crippen LogP contribution >= 0.6 is 0 Å². The predicted molar refractivity (Wildman–Crippen MR) is 66.2 cm³/mol. The maximum absolute atomic E-state index is 6.16. The average molecular weight is 222 g/mol. The summed E-state index contributed by atoms with van der Waals surface area (Å²) >= 11 is 0. The Bertz CT molecular complexity index is 336. The van der Waals surface area contributed by atoms with Gasteiger partial charge in [-0.15, -0.1) is 0 Å². The third kappa shape index (κ3) is 3.58. The summed E-state index contributed by atoms with van der Waals surface area (Å²) in [6.45, 7) is 6.23. The van der Waals surface area contributed by atoms with E-state index in [9.17, 15) is 0 Å². The van der Waals surface area contributed by atoms with E-state index in [4.69, 9.17) is 10.5 Å². The monoisotopic (exact) mass is 222 g/mol. The van der Waals surface area contributed by atoms with E-state index in [1.807, 2.05) is 12.3 Å². The molecule has 0 aliphatic rings. The molecular weight excluding hydrogens is 200 g/mol. The van der Waals surface area contributed by atoms with Gasteiger partial charge in [0.15, 0.2) is 0 Å². The molecule has 3 heteroatoms. The number of rotatable bonds is 5. The van der Waals surface area contributed by atoms with Gasteiger partial charge in [-0.25, -0.2) is 0 Å². The van der Waals surface area contributed by atoms with Crippen LogP contribution in [0.1, 0.15) is 43.9 Å². The van der Waals surface area contributed by atoms with Crippen molar-refractivity contribution in [2.75, 3.05) is 7.11 Å². The molecule has 0 amide bonds. The van der Waals surface area contributed by atoms with Gasteiger partial charge in [0.1, 0.15) is 0 Å². The van der Waals surface area contributed by atoms with Crippen molar-refractivity contribution in [3.63, 3.8) is 0 Å². The Morgan fingerprint density at radius 3 is 2.75 bits per heavy atom. The van der Waals surface area contributed by atoms with Gasteiger partial charge in [0.05, 0.1) is 5.60 Å². The standard InChI is InChI=1S/C13H22N2O/c1-10-6-8-15-9-11(10)12(14)5-7-13(2,3)16-4/h6,8-9,12H,5,7,14H2,1-4H3. The van der Waals surface area contributed by atoms with Crippen LogP contribution in [-0.2, 0) is 4.74 Å². The van der Waals surface area contributed by atoms with Crippen LogP contribution in [-0.4, -0.2) is 17.7 Å². The Balaban J connectivity index is 2.60. The number of aromatic nitrogens is 1. The number of nitrogens with two attached hydrogens (primary N) is 1. The first-order valence-corrected chi connectivity index (χ1v) is 5.67. The number of hydrogen-bond donors (Lipinski definition) is 1. The fourth-order valence-corrected chi connectivity index (χ4v) is 1.63. The van der Waals surface area contributed by atoms with Gasteiger partial charge in [0, 0.05) is 25.5 Å². The van der Waals surface area contributed by atoms with Gasteiger partial charge in [-0.2, -0.15) is 0 Å². The molecule has 0 aromatic carbocycles. The van der Waals surface area contributed by atoms with Gasteiger partial charge in [0.2, 0.25) is 0 Å². The van der Waals surface area contributed by atoms with Crippen molar-refractivity contribution in [1.82, 2.24) is 4.98 Å². The minimum atomic E-state index is -0.103. The van der Waals surface area contributed by atoms with Crippen LogP contribution in [0.2, 0.25) is 0 Å². The fraction of sp³-hybridized carbons (Fsp3) is 0.615. The van der Waals surface area contributed by atoms with E-state index >= 15 is 0 Å². The molecule has 0 aliphatic carbocycles. The maximum atomic E-state index is 6.16. The molecule has 0 radical (unpaired) electrons. The van der Waals surface area contributed by atoms with Crippen LogP contribution in [0, 0.1) is 6.92 Å². The second-order valence-corrected chi connectivity index (χ2v) is 4.84. The number of nitrogens with zero attached hydrogens (tertiary/aromatic N) is 1. The summed E-state index contributed by atoms with van der Waals surface area (Å²) < 4.78 is 5.38. The molecule has 0 fully saturated rings. The summed E-state index contributed by atoms with van der Waals surface area (Å²) in [5.74, 6) is 0. The molecule has 90 valence electrons.